The van der Waals surface area contributed by atoms with E-state index in [1.165, 1.54) is 5.56 Å². The highest BCUT2D eigenvalue weighted by molar-refractivity contribution is 5.96. The SMILES string of the molecule is CCC1CN(C(=O)c2ccc(C)c(C)c2)CCC1=O. The van der Waals surface area contributed by atoms with E-state index in [0.717, 1.165) is 17.5 Å². The third-order valence-corrected chi connectivity index (χ3v) is 4.06. The van der Waals surface area contributed by atoms with Crippen molar-refractivity contribution in [1.82, 2.24) is 4.90 Å². The van der Waals surface area contributed by atoms with E-state index in [-0.39, 0.29) is 11.8 Å². The Morgan fingerprint density at radius 1 is 1.32 bits per heavy atom. The van der Waals surface area contributed by atoms with Crippen molar-refractivity contribution in [1.29, 1.82) is 0 Å². The zero-order valence-corrected chi connectivity index (χ0v) is 11.9. The van der Waals surface area contributed by atoms with E-state index >= 15 is 0 Å². The maximum Gasteiger partial charge on any atom is 0.253 e. The fourth-order valence-electron chi connectivity index (χ4n) is 2.51. The number of amides is 1. The lowest BCUT2D eigenvalue weighted by molar-refractivity contribution is -0.125. The number of ketones is 1. The molecule has 0 bridgehead atoms. The van der Waals surface area contributed by atoms with Gasteiger partial charge < -0.3 is 4.90 Å². The summed E-state index contributed by atoms with van der Waals surface area (Å²) in [7, 11) is 0. The molecule has 19 heavy (non-hydrogen) atoms. The first-order valence-corrected chi connectivity index (χ1v) is 6.92. The first-order chi connectivity index (χ1) is 9.02. The number of aryl methyl sites for hydroxylation is 2. The Balaban J connectivity index is 2.15. The smallest absolute Gasteiger partial charge is 0.253 e. The number of likely N-dealkylation sites (tertiary alicyclic amines) is 1. The molecule has 1 aliphatic heterocycles. The normalized spacial score (nSPS) is 19.6. The molecular formula is C16H21NO2. The Kier molecular flexibility index (Phi) is 4.03. The van der Waals surface area contributed by atoms with E-state index in [0.29, 0.717) is 25.3 Å². The van der Waals surface area contributed by atoms with E-state index in [9.17, 15) is 9.59 Å². The van der Waals surface area contributed by atoms with Crippen molar-refractivity contribution >= 4 is 11.7 Å². The summed E-state index contributed by atoms with van der Waals surface area (Å²) in [6.45, 7) is 7.19. The molecule has 0 aromatic heterocycles. The lowest BCUT2D eigenvalue weighted by atomic mass is 9.93. The molecule has 1 atom stereocenters. The molecular weight excluding hydrogens is 238 g/mol. The highest BCUT2D eigenvalue weighted by Gasteiger charge is 2.28. The second-order valence-corrected chi connectivity index (χ2v) is 5.37. The van der Waals surface area contributed by atoms with Gasteiger partial charge in [-0.25, -0.2) is 0 Å². The van der Waals surface area contributed by atoms with Crippen LogP contribution in [0.4, 0.5) is 0 Å². The van der Waals surface area contributed by atoms with Gasteiger partial charge in [0.25, 0.3) is 5.91 Å². The van der Waals surface area contributed by atoms with Crippen molar-refractivity contribution in [2.45, 2.75) is 33.6 Å². The van der Waals surface area contributed by atoms with E-state index in [1.807, 2.05) is 43.9 Å². The van der Waals surface area contributed by atoms with Crippen molar-refractivity contribution in [2.75, 3.05) is 13.1 Å². The molecule has 3 heteroatoms. The third-order valence-electron chi connectivity index (χ3n) is 4.06. The van der Waals surface area contributed by atoms with Crippen LogP contribution in [-0.4, -0.2) is 29.7 Å². The molecule has 3 nitrogen and oxygen atoms in total. The van der Waals surface area contributed by atoms with Crippen molar-refractivity contribution in [3.05, 3.63) is 34.9 Å². The summed E-state index contributed by atoms with van der Waals surface area (Å²) < 4.78 is 0. The van der Waals surface area contributed by atoms with Crippen LogP contribution in [0, 0.1) is 19.8 Å². The highest BCUT2D eigenvalue weighted by Crippen LogP contribution is 2.19. The van der Waals surface area contributed by atoms with Crippen LogP contribution in [-0.2, 0) is 4.79 Å². The summed E-state index contributed by atoms with van der Waals surface area (Å²) in [5.74, 6) is 0.366. The molecule has 0 N–H and O–H groups in total. The minimum absolute atomic E-state index is 0.0178. The summed E-state index contributed by atoms with van der Waals surface area (Å²) in [5.41, 5.74) is 3.05. The molecule has 1 aromatic carbocycles. The van der Waals surface area contributed by atoms with E-state index in [2.05, 4.69) is 0 Å². The summed E-state index contributed by atoms with van der Waals surface area (Å²) in [5, 5.41) is 0. The van der Waals surface area contributed by atoms with Gasteiger partial charge in [0.15, 0.2) is 0 Å². The zero-order valence-electron chi connectivity index (χ0n) is 11.9. The number of carbonyl (C=O) groups is 2. The van der Waals surface area contributed by atoms with Crippen molar-refractivity contribution in [3.63, 3.8) is 0 Å². The van der Waals surface area contributed by atoms with Gasteiger partial charge in [-0.3, -0.25) is 9.59 Å². The molecule has 1 fully saturated rings. The van der Waals surface area contributed by atoms with E-state index in [1.54, 1.807) is 0 Å². The topological polar surface area (TPSA) is 37.4 Å². The Morgan fingerprint density at radius 3 is 2.68 bits per heavy atom. The predicted molar refractivity (Wildman–Crippen MR) is 75.2 cm³/mol. The lowest BCUT2D eigenvalue weighted by Gasteiger charge is -2.31. The Labute approximate surface area is 114 Å². The van der Waals surface area contributed by atoms with Gasteiger partial charge in [0.1, 0.15) is 5.78 Å². The standard InChI is InChI=1S/C16H21NO2/c1-4-13-10-17(8-7-15(13)18)16(19)14-6-5-11(2)12(3)9-14/h5-6,9,13H,4,7-8,10H2,1-3H3. The van der Waals surface area contributed by atoms with Gasteiger partial charge in [-0.05, 0) is 43.5 Å². The maximum atomic E-state index is 12.4. The van der Waals surface area contributed by atoms with Crippen molar-refractivity contribution in [3.8, 4) is 0 Å². The van der Waals surface area contributed by atoms with Crippen LogP contribution in [0.1, 0.15) is 41.3 Å². The molecule has 1 saturated heterocycles. The molecule has 1 aromatic rings. The first-order valence-electron chi connectivity index (χ1n) is 6.92. The second kappa shape index (κ2) is 5.55. The van der Waals surface area contributed by atoms with Gasteiger partial charge >= 0.3 is 0 Å². The molecule has 0 spiro atoms. The number of rotatable bonds is 2. The number of piperidine rings is 1. The molecule has 1 amide bonds. The number of Topliss-reactive ketones (excluding diaryl/α,β-unsaturated/α-hetero) is 1. The van der Waals surface area contributed by atoms with Crippen LogP contribution in [0.2, 0.25) is 0 Å². The van der Waals surface area contributed by atoms with Crippen molar-refractivity contribution < 1.29 is 9.59 Å². The number of hydrogen-bond acceptors (Lipinski definition) is 2. The maximum absolute atomic E-state index is 12.4. The average molecular weight is 259 g/mol. The minimum atomic E-state index is 0.0178. The van der Waals surface area contributed by atoms with Crippen LogP contribution >= 0.6 is 0 Å². The summed E-state index contributed by atoms with van der Waals surface area (Å²) in [6.07, 6.45) is 1.31. The molecule has 0 aliphatic carbocycles. The largest absolute Gasteiger partial charge is 0.337 e. The molecule has 1 unspecified atom stereocenters. The Bertz CT molecular complexity index is 507. The number of nitrogens with zero attached hydrogens (tertiary/aromatic N) is 1. The fraction of sp³-hybridized carbons (Fsp3) is 0.500. The second-order valence-electron chi connectivity index (χ2n) is 5.37. The monoisotopic (exact) mass is 259 g/mol. The molecule has 102 valence electrons. The van der Waals surface area contributed by atoms with E-state index in [4.69, 9.17) is 0 Å². The number of carbonyl (C=O) groups excluding carboxylic acids is 2. The zero-order chi connectivity index (χ0) is 14.0. The van der Waals surface area contributed by atoms with Gasteiger partial charge in [0.05, 0.1) is 0 Å². The summed E-state index contributed by atoms with van der Waals surface area (Å²) in [4.78, 5) is 26.0. The Hall–Kier alpha value is -1.64. The highest BCUT2D eigenvalue weighted by atomic mass is 16.2. The summed E-state index contributed by atoms with van der Waals surface area (Å²) in [6, 6.07) is 5.80. The van der Waals surface area contributed by atoms with Gasteiger partial charge in [-0.1, -0.05) is 13.0 Å². The van der Waals surface area contributed by atoms with E-state index < -0.39 is 0 Å². The third kappa shape index (κ3) is 2.86. The number of benzene rings is 1. The molecule has 2 rings (SSSR count). The predicted octanol–water partition coefficient (Wildman–Crippen LogP) is 2.74. The number of hydrogen-bond donors (Lipinski definition) is 0. The van der Waals surface area contributed by atoms with Crippen LogP contribution in [0.3, 0.4) is 0 Å². The molecule has 1 heterocycles. The molecule has 0 radical (unpaired) electrons. The quantitative estimate of drug-likeness (QED) is 0.819. The van der Waals surface area contributed by atoms with Crippen LogP contribution in [0.5, 0.6) is 0 Å². The summed E-state index contributed by atoms with van der Waals surface area (Å²) >= 11 is 0. The minimum Gasteiger partial charge on any atom is -0.337 e. The van der Waals surface area contributed by atoms with Crippen LogP contribution in [0.15, 0.2) is 18.2 Å². The van der Waals surface area contributed by atoms with Gasteiger partial charge in [0.2, 0.25) is 0 Å². The van der Waals surface area contributed by atoms with Crippen molar-refractivity contribution in [2.24, 2.45) is 5.92 Å². The van der Waals surface area contributed by atoms with Crippen LogP contribution < -0.4 is 0 Å². The van der Waals surface area contributed by atoms with Gasteiger partial charge in [0, 0.05) is 31.0 Å². The molecule has 0 saturated carbocycles. The van der Waals surface area contributed by atoms with Gasteiger partial charge in [-0.15, -0.1) is 0 Å². The van der Waals surface area contributed by atoms with Crippen LogP contribution in [0.25, 0.3) is 0 Å². The fourth-order valence-corrected chi connectivity index (χ4v) is 2.51. The average Bonchev–Trinajstić information content (AvgIpc) is 2.41. The lowest BCUT2D eigenvalue weighted by Crippen LogP contribution is -2.43. The Morgan fingerprint density at radius 2 is 2.05 bits per heavy atom. The first kappa shape index (κ1) is 13.8. The van der Waals surface area contributed by atoms with Gasteiger partial charge in [-0.2, -0.15) is 0 Å². The molecule has 1 aliphatic rings.